The Balaban J connectivity index is 1.46. The Morgan fingerprint density at radius 3 is 2.25 bits per heavy atom. The van der Waals surface area contributed by atoms with E-state index in [4.69, 9.17) is 13.9 Å². The molecule has 2 atom stereocenters. The normalized spacial score (nSPS) is 19.5. The highest BCUT2D eigenvalue weighted by Crippen LogP contribution is 2.38. The number of pyridine rings is 2. The van der Waals surface area contributed by atoms with E-state index in [9.17, 15) is 27.6 Å². The Morgan fingerprint density at radius 2 is 1.61 bits per heavy atom. The van der Waals surface area contributed by atoms with Gasteiger partial charge in [-0.15, -0.1) is 0 Å². The van der Waals surface area contributed by atoms with Gasteiger partial charge < -0.3 is 34.3 Å². The van der Waals surface area contributed by atoms with E-state index in [0.29, 0.717) is 0 Å². The van der Waals surface area contributed by atoms with Crippen LogP contribution in [0.2, 0.25) is 0 Å². The first-order valence-electron chi connectivity index (χ1n) is 16.9. The molecule has 3 aromatic heterocycles. The molecule has 0 spiro atoms. The summed E-state index contributed by atoms with van der Waals surface area (Å²) in [4.78, 5) is 51.9. The first kappa shape index (κ1) is 37.7. The molecule has 0 aromatic carbocycles. The fourth-order valence-corrected chi connectivity index (χ4v) is 6.31. The third kappa shape index (κ3) is 9.80. The summed E-state index contributed by atoms with van der Waals surface area (Å²) in [5.41, 5.74) is -0.0573. The maximum Gasteiger partial charge on any atom is 0.414 e. The van der Waals surface area contributed by atoms with Crippen molar-refractivity contribution in [1.82, 2.24) is 20.2 Å². The van der Waals surface area contributed by atoms with E-state index in [2.05, 4.69) is 37.9 Å². The molecular weight excluding hydrogens is 671 g/mol. The number of furan rings is 1. The molecule has 13 nitrogen and oxygen atoms in total. The number of ether oxygens (including phenoxy) is 2. The van der Waals surface area contributed by atoms with Crippen LogP contribution in [0.3, 0.4) is 0 Å². The van der Waals surface area contributed by atoms with Crippen molar-refractivity contribution in [2.24, 2.45) is 5.92 Å². The fraction of sp³-hybridized carbons (Fsp3) is 0.571. The van der Waals surface area contributed by atoms with Crippen molar-refractivity contribution >= 4 is 46.5 Å². The van der Waals surface area contributed by atoms with Gasteiger partial charge in [0.05, 0.1) is 29.5 Å². The maximum atomic E-state index is 14.2. The Labute approximate surface area is 294 Å². The van der Waals surface area contributed by atoms with Gasteiger partial charge in [0.2, 0.25) is 5.88 Å². The van der Waals surface area contributed by atoms with Gasteiger partial charge in [0, 0.05) is 25.5 Å². The summed E-state index contributed by atoms with van der Waals surface area (Å²) in [5, 5.41) is 7.85. The van der Waals surface area contributed by atoms with Crippen molar-refractivity contribution in [3.05, 3.63) is 41.9 Å². The number of rotatable bonds is 6. The quantitative estimate of drug-likeness (QED) is 0.245. The van der Waals surface area contributed by atoms with E-state index in [1.165, 1.54) is 23.4 Å². The molecule has 2 fully saturated rings. The highest BCUT2D eigenvalue weighted by atomic mass is 19.4. The molecule has 5 rings (SSSR count). The molecule has 3 aromatic rings. The second-order valence-corrected chi connectivity index (χ2v) is 15.2. The number of likely N-dealkylation sites (tertiary alicyclic amines) is 1. The Bertz CT molecular complexity index is 1740. The Morgan fingerprint density at radius 1 is 0.941 bits per heavy atom. The van der Waals surface area contributed by atoms with Gasteiger partial charge in [0.25, 0.3) is 5.91 Å². The number of halogens is 3. The number of carbonyl (C=O) groups is 3. The third-order valence-electron chi connectivity index (χ3n) is 8.60. The molecule has 1 unspecified atom stereocenters. The number of carbonyl (C=O) groups excluding carboxylic acids is 3. The fourth-order valence-electron chi connectivity index (χ4n) is 6.31. The first-order valence-corrected chi connectivity index (χ1v) is 16.9. The van der Waals surface area contributed by atoms with Crippen LogP contribution in [0.5, 0.6) is 0 Å². The van der Waals surface area contributed by atoms with Crippen molar-refractivity contribution in [1.29, 1.82) is 0 Å². The number of hydrogen-bond acceptors (Lipinski definition) is 10. The van der Waals surface area contributed by atoms with Gasteiger partial charge in [-0.2, -0.15) is 13.2 Å². The molecule has 0 aliphatic carbocycles. The summed E-state index contributed by atoms with van der Waals surface area (Å²) < 4.78 is 59.2. The molecule has 0 saturated carbocycles. The molecule has 5 heterocycles. The second kappa shape index (κ2) is 14.6. The molecule has 0 bridgehead atoms. The highest BCUT2D eigenvalue weighted by molar-refractivity contribution is 6.16. The molecule has 2 aliphatic heterocycles. The van der Waals surface area contributed by atoms with E-state index in [1.807, 2.05) is 6.07 Å². The number of piperidine rings is 2. The van der Waals surface area contributed by atoms with E-state index in [0.717, 1.165) is 31.5 Å². The predicted molar refractivity (Wildman–Crippen MR) is 185 cm³/mol. The summed E-state index contributed by atoms with van der Waals surface area (Å²) >= 11 is 0. The van der Waals surface area contributed by atoms with Gasteiger partial charge in [0.1, 0.15) is 22.3 Å². The van der Waals surface area contributed by atoms with Crippen LogP contribution in [0, 0.1) is 5.92 Å². The minimum absolute atomic E-state index is 0.0000867. The number of alkyl carbamates (subject to hydrolysis) is 1. The molecule has 3 amide bonds. The van der Waals surface area contributed by atoms with Gasteiger partial charge in [0.15, 0.2) is 5.58 Å². The topological polar surface area (TPSA) is 151 Å². The van der Waals surface area contributed by atoms with Gasteiger partial charge in [-0.3, -0.25) is 20.1 Å². The van der Waals surface area contributed by atoms with Crippen molar-refractivity contribution in [2.75, 3.05) is 48.8 Å². The summed E-state index contributed by atoms with van der Waals surface area (Å²) in [5.74, 6) is -2.50. The maximum absolute atomic E-state index is 14.2. The van der Waals surface area contributed by atoms with Gasteiger partial charge in [-0.1, -0.05) is 0 Å². The lowest BCUT2D eigenvalue weighted by molar-refractivity contribution is -0.177. The Hall–Kier alpha value is -4.60. The predicted octanol–water partition coefficient (Wildman–Crippen LogP) is 6.91. The number of aromatic nitrogens is 2. The minimum Gasteiger partial charge on any atom is -0.444 e. The van der Waals surface area contributed by atoms with Crippen molar-refractivity contribution in [3.63, 3.8) is 0 Å². The minimum atomic E-state index is -4.56. The molecule has 2 saturated heterocycles. The number of anilines is 3. The highest BCUT2D eigenvalue weighted by Gasteiger charge is 2.45. The van der Waals surface area contributed by atoms with Gasteiger partial charge in [-0.05, 0) is 105 Å². The van der Waals surface area contributed by atoms with Crippen LogP contribution in [0.4, 0.5) is 40.0 Å². The number of fused-ring (bicyclic) bond motifs is 1. The second-order valence-electron chi connectivity index (χ2n) is 15.2. The molecule has 51 heavy (non-hydrogen) atoms. The van der Waals surface area contributed by atoms with Crippen molar-refractivity contribution in [3.8, 4) is 0 Å². The van der Waals surface area contributed by atoms with Crippen LogP contribution in [0.1, 0.15) is 82.6 Å². The smallest absolute Gasteiger partial charge is 0.414 e. The van der Waals surface area contributed by atoms with Gasteiger partial charge in [-0.25, -0.2) is 9.59 Å². The molecular formula is C35H46F3N7O6. The standard InChI is InChI=1S/C35H46F3N7O6/c1-33(2,3)50-31(47)41-23-15-22(35(36,37)38)18-45(19-23)25-8-11-39-17-24(25)42-29(46)27-28-26(49-30(27)43-32(48)51-34(4,5)6)14-21(16-40-28)20-9-12-44(7)13-10-20/h8,11,14,16-17,20,22-23H,9-10,12-13,15,18-19H2,1-7H3,(H,41,47)(H,42,46)(H,43,48)/t22-,23?/m1/s1. The summed E-state index contributed by atoms with van der Waals surface area (Å²) in [6.45, 7) is 11.5. The lowest BCUT2D eigenvalue weighted by Gasteiger charge is -2.40. The summed E-state index contributed by atoms with van der Waals surface area (Å²) in [6.07, 6.45) is -0.348. The van der Waals surface area contributed by atoms with Crippen molar-refractivity contribution in [2.45, 2.75) is 90.1 Å². The largest absolute Gasteiger partial charge is 0.444 e. The lowest BCUT2D eigenvalue weighted by atomic mass is 9.90. The number of amides is 3. The zero-order valence-corrected chi connectivity index (χ0v) is 29.9. The zero-order chi connectivity index (χ0) is 37.3. The van der Waals surface area contributed by atoms with Crippen molar-refractivity contribution < 1.29 is 41.4 Å². The van der Waals surface area contributed by atoms with Crippen LogP contribution in [-0.2, 0) is 9.47 Å². The average molecular weight is 718 g/mol. The third-order valence-corrected chi connectivity index (χ3v) is 8.60. The van der Waals surface area contributed by atoms with E-state index in [1.54, 1.807) is 47.7 Å². The molecule has 0 radical (unpaired) electrons. The van der Waals surface area contributed by atoms with Gasteiger partial charge >= 0.3 is 18.4 Å². The SMILES string of the molecule is CN1CCC(c2cnc3c(C(=O)Nc4cnccc4N4CC(NC(=O)OC(C)(C)C)C[C@@H](C(F)(F)F)C4)c(NC(=O)OC(C)(C)C)oc3c2)CC1. The van der Waals surface area contributed by atoms with E-state index in [-0.39, 0.29) is 52.8 Å². The number of alkyl halides is 3. The number of nitrogens with zero attached hydrogens (tertiary/aromatic N) is 4. The van der Waals surface area contributed by atoms with E-state index >= 15 is 0 Å². The monoisotopic (exact) mass is 717 g/mol. The first-order chi connectivity index (χ1) is 23.8. The van der Waals surface area contributed by atoms with Crippen LogP contribution >= 0.6 is 0 Å². The van der Waals surface area contributed by atoms with Crippen LogP contribution in [0.15, 0.2) is 35.1 Å². The Kier molecular flexibility index (Phi) is 10.7. The zero-order valence-electron chi connectivity index (χ0n) is 29.9. The van der Waals surface area contributed by atoms with E-state index < -0.39 is 54.0 Å². The lowest BCUT2D eigenvalue weighted by Crippen LogP contribution is -2.54. The van der Waals surface area contributed by atoms with Crippen LogP contribution in [-0.4, -0.2) is 89.6 Å². The molecule has 3 N–H and O–H groups in total. The van der Waals surface area contributed by atoms with Crippen LogP contribution < -0.4 is 20.9 Å². The molecule has 16 heteroatoms. The van der Waals surface area contributed by atoms with Crippen LogP contribution in [0.25, 0.3) is 11.1 Å². The summed E-state index contributed by atoms with van der Waals surface area (Å²) in [7, 11) is 2.07. The number of nitrogens with one attached hydrogen (secondary N) is 3. The average Bonchev–Trinajstić information content (AvgIpc) is 3.36. The number of hydrogen-bond donors (Lipinski definition) is 3. The molecule has 278 valence electrons. The molecule has 2 aliphatic rings. The summed E-state index contributed by atoms with van der Waals surface area (Å²) in [6, 6.07) is 2.38.